The van der Waals surface area contributed by atoms with Gasteiger partial charge in [0.1, 0.15) is 0 Å². The minimum atomic E-state index is -0.843. The molecule has 0 radical (unpaired) electrons. The highest BCUT2D eigenvalue weighted by atomic mass is 16.4. The maximum absolute atomic E-state index is 11.6. The lowest BCUT2D eigenvalue weighted by molar-refractivity contribution is -0.146. The van der Waals surface area contributed by atoms with E-state index in [1.165, 1.54) is 0 Å². The number of carboxylic acid groups (broad SMARTS) is 1. The van der Waals surface area contributed by atoms with E-state index in [2.05, 4.69) is 5.32 Å². The van der Waals surface area contributed by atoms with Gasteiger partial charge in [0.05, 0.1) is 5.41 Å². The van der Waals surface area contributed by atoms with Crippen LogP contribution in [0.5, 0.6) is 0 Å². The van der Waals surface area contributed by atoms with Crippen molar-refractivity contribution in [3.05, 3.63) is 0 Å². The molecule has 1 aliphatic rings. The van der Waals surface area contributed by atoms with Gasteiger partial charge in [-0.1, -0.05) is 0 Å². The highest BCUT2D eigenvalue weighted by molar-refractivity contribution is 5.79. The number of carbonyl (C=O) groups is 2. The second kappa shape index (κ2) is 5.16. The molecule has 0 aromatic rings. The predicted octanol–water partition coefficient (Wildman–Crippen LogP) is -0.159. The molecule has 0 spiro atoms. The van der Waals surface area contributed by atoms with Gasteiger partial charge in [-0.15, -0.1) is 0 Å². The first kappa shape index (κ1) is 12.8. The fourth-order valence-electron chi connectivity index (χ4n) is 1.72. The Balaban J connectivity index is 2.41. The molecule has 2 amide bonds. The largest absolute Gasteiger partial charge is 0.481 e. The quantitative estimate of drug-likeness (QED) is 0.584. The fourth-order valence-corrected chi connectivity index (χ4v) is 1.72. The van der Waals surface area contributed by atoms with Crippen molar-refractivity contribution in [2.45, 2.75) is 19.8 Å². The number of nitrogens with two attached hydrogens (primary N) is 1. The number of amides is 2. The molecule has 0 bridgehead atoms. The van der Waals surface area contributed by atoms with Gasteiger partial charge >= 0.3 is 12.0 Å². The van der Waals surface area contributed by atoms with Crippen molar-refractivity contribution in [1.29, 1.82) is 0 Å². The number of carbonyl (C=O) groups excluding carboxylic acids is 1. The number of hydrogen-bond acceptors (Lipinski definition) is 3. The van der Waals surface area contributed by atoms with E-state index >= 15 is 0 Å². The summed E-state index contributed by atoms with van der Waals surface area (Å²) in [7, 11) is 0. The van der Waals surface area contributed by atoms with E-state index in [9.17, 15) is 9.59 Å². The third-order valence-corrected chi connectivity index (χ3v) is 2.93. The molecular weight excluding hydrogens is 210 g/mol. The van der Waals surface area contributed by atoms with Crippen molar-refractivity contribution in [2.75, 3.05) is 26.2 Å². The minimum Gasteiger partial charge on any atom is -0.481 e. The monoisotopic (exact) mass is 229 g/mol. The van der Waals surface area contributed by atoms with E-state index in [1.54, 1.807) is 11.8 Å². The van der Waals surface area contributed by atoms with Gasteiger partial charge in [-0.25, -0.2) is 4.79 Å². The zero-order valence-corrected chi connectivity index (χ0v) is 9.53. The third kappa shape index (κ3) is 2.85. The van der Waals surface area contributed by atoms with Crippen LogP contribution in [0.2, 0.25) is 0 Å². The number of carboxylic acids is 1. The lowest BCUT2D eigenvalue weighted by atomic mass is 9.90. The van der Waals surface area contributed by atoms with E-state index < -0.39 is 11.4 Å². The van der Waals surface area contributed by atoms with Crippen LogP contribution in [-0.2, 0) is 4.79 Å². The van der Waals surface area contributed by atoms with Gasteiger partial charge in [-0.05, 0) is 26.3 Å². The van der Waals surface area contributed by atoms with Gasteiger partial charge < -0.3 is 21.1 Å². The molecule has 16 heavy (non-hydrogen) atoms. The molecule has 6 heteroatoms. The molecule has 0 aliphatic carbocycles. The summed E-state index contributed by atoms with van der Waals surface area (Å²) in [5.74, 6) is -0.843. The number of nitrogens with zero attached hydrogens (tertiary/aromatic N) is 1. The van der Waals surface area contributed by atoms with Crippen LogP contribution in [0, 0.1) is 5.41 Å². The smallest absolute Gasteiger partial charge is 0.317 e. The third-order valence-electron chi connectivity index (χ3n) is 2.93. The second-order valence-corrected chi connectivity index (χ2v) is 4.41. The first-order chi connectivity index (χ1) is 7.49. The van der Waals surface area contributed by atoms with Crippen molar-refractivity contribution >= 4 is 12.0 Å². The molecule has 0 aromatic heterocycles. The highest BCUT2D eigenvalue weighted by Gasteiger charge is 2.41. The van der Waals surface area contributed by atoms with Crippen LogP contribution in [0.25, 0.3) is 0 Å². The Labute approximate surface area is 94.8 Å². The van der Waals surface area contributed by atoms with Crippen molar-refractivity contribution in [2.24, 2.45) is 11.1 Å². The summed E-state index contributed by atoms with van der Waals surface area (Å²) in [6, 6.07) is -0.196. The molecule has 4 N–H and O–H groups in total. The average Bonchev–Trinajstić information content (AvgIpc) is 2.63. The zero-order valence-electron chi connectivity index (χ0n) is 9.53. The molecule has 1 rings (SSSR count). The number of aliphatic carboxylic acids is 1. The lowest BCUT2D eigenvalue weighted by Crippen LogP contribution is -2.41. The van der Waals surface area contributed by atoms with E-state index in [0.717, 1.165) is 6.42 Å². The van der Waals surface area contributed by atoms with Crippen LogP contribution in [-0.4, -0.2) is 48.2 Å². The van der Waals surface area contributed by atoms with Crippen molar-refractivity contribution in [3.63, 3.8) is 0 Å². The van der Waals surface area contributed by atoms with Crippen LogP contribution < -0.4 is 11.1 Å². The Morgan fingerprint density at radius 3 is 2.75 bits per heavy atom. The number of nitrogens with one attached hydrogen (secondary N) is 1. The van der Waals surface area contributed by atoms with Gasteiger partial charge in [0, 0.05) is 19.6 Å². The molecule has 1 heterocycles. The topological polar surface area (TPSA) is 95.7 Å². The van der Waals surface area contributed by atoms with Crippen LogP contribution in [0.3, 0.4) is 0 Å². The maximum Gasteiger partial charge on any atom is 0.317 e. The number of likely N-dealkylation sites (tertiary alicyclic amines) is 1. The van der Waals surface area contributed by atoms with Crippen LogP contribution in [0.1, 0.15) is 19.8 Å². The van der Waals surface area contributed by atoms with Crippen molar-refractivity contribution in [3.8, 4) is 0 Å². The molecule has 1 aliphatic heterocycles. The van der Waals surface area contributed by atoms with E-state index in [-0.39, 0.29) is 12.6 Å². The Kier molecular flexibility index (Phi) is 4.12. The zero-order chi connectivity index (χ0) is 12.2. The van der Waals surface area contributed by atoms with Gasteiger partial charge in [0.2, 0.25) is 0 Å². The number of urea groups is 1. The molecule has 0 saturated carbocycles. The predicted molar refractivity (Wildman–Crippen MR) is 59.0 cm³/mol. The number of hydrogen-bond donors (Lipinski definition) is 3. The van der Waals surface area contributed by atoms with Gasteiger partial charge in [-0.3, -0.25) is 4.79 Å². The summed E-state index contributed by atoms with van der Waals surface area (Å²) < 4.78 is 0. The molecule has 92 valence electrons. The van der Waals surface area contributed by atoms with E-state index in [4.69, 9.17) is 10.8 Å². The SMILES string of the molecule is CC1(C(=O)O)CCN(C(=O)NCCCN)C1. The normalized spacial score (nSPS) is 24.5. The summed E-state index contributed by atoms with van der Waals surface area (Å²) in [5.41, 5.74) is 4.51. The van der Waals surface area contributed by atoms with Gasteiger partial charge in [0.25, 0.3) is 0 Å². The molecule has 1 unspecified atom stereocenters. The summed E-state index contributed by atoms with van der Waals surface area (Å²) in [6.07, 6.45) is 1.24. The Bertz CT molecular complexity index is 282. The Hall–Kier alpha value is -1.30. The summed E-state index contributed by atoms with van der Waals surface area (Å²) in [4.78, 5) is 24.1. The van der Waals surface area contributed by atoms with E-state index in [0.29, 0.717) is 26.1 Å². The van der Waals surface area contributed by atoms with Crippen LogP contribution in [0.4, 0.5) is 4.79 Å². The average molecular weight is 229 g/mol. The molecule has 1 saturated heterocycles. The Morgan fingerprint density at radius 1 is 1.56 bits per heavy atom. The number of rotatable bonds is 4. The first-order valence-corrected chi connectivity index (χ1v) is 5.46. The maximum atomic E-state index is 11.6. The molecule has 6 nitrogen and oxygen atoms in total. The first-order valence-electron chi connectivity index (χ1n) is 5.46. The van der Waals surface area contributed by atoms with Crippen LogP contribution >= 0.6 is 0 Å². The van der Waals surface area contributed by atoms with E-state index in [1.807, 2.05) is 0 Å². The summed E-state index contributed by atoms with van der Waals surface area (Å²) in [6.45, 7) is 3.51. The highest BCUT2D eigenvalue weighted by Crippen LogP contribution is 2.29. The lowest BCUT2D eigenvalue weighted by Gasteiger charge is -2.20. The van der Waals surface area contributed by atoms with Gasteiger partial charge in [0.15, 0.2) is 0 Å². The molecule has 1 fully saturated rings. The molecule has 1 atom stereocenters. The minimum absolute atomic E-state index is 0.196. The summed E-state index contributed by atoms with van der Waals surface area (Å²) >= 11 is 0. The van der Waals surface area contributed by atoms with Crippen molar-refractivity contribution < 1.29 is 14.7 Å². The van der Waals surface area contributed by atoms with Crippen LogP contribution in [0.15, 0.2) is 0 Å². The summed E-state index contributed by atoms with van der Waals surface area (Å²) in [5, 5.41) is 11.7. The molecule has 0 aromatic carbocycles. The Morgan fingerprint density at radius 2 is 2.25 bits per heavy atom. The van der Waals surface area contributed by atoms with Crippen molar-refractivity contribution in [1.82, 2.24) is 10.2 Å². The second-order valence-electron chi connectivity index (χ2n) is 4.41. The molecular formula is C10H19N3O3. The van der Waals surface area contributed by atoms with Gasteiger partial charge in [-0.2, -0.15) is 0 Å². The standard InChI is InChI=1S/C10H19N3O3/c1-10(8(14)15)3-6-13(7-10)9(16)12-5-2-4-11/h2-7,11H2,1H3,(H,12,16)(H,14,15). The fraction of sp³-hybridized carbons (Fsp3) is 0.800.